The molecule has 16 heavy (non-hydrogen) atoms. The maximum atomic E-state index is 5.69. The van der Waals surface area contributed by atoms with Crippen LogP contribution in [0.15, 0.2) is 18.3 Å². The molecular formula is C11H16ClNO3. The molecule has 0 amide bonds. The van der Waals surface area contributed by atoms with E-state index >= 15 is 0 Å². The lowest BCUT2D eigenvalue weighted by Crippen LogP contribution is -2.09. The summed E-state index contributed by atoms with van der Waals surface area (Å²) in [6, 6.07) is 3.47. The van der Waals surface area contributed by atoms with Gasteiger partial charge in [-0.1, -0.05) is 11.6 Å². The summed E-state index contributed by atoms with van der Waals surface area (Å²) in [5, 5.41) is 0.600. The maximum absolute atomic E-state index is 5.69. The molecule has 1 rings (SSSR count). The molecule has 90 valence electrons. The van der Waals surface area contributed by atoms with Crippen LogP contribution in [0.2, 0.25) is 5.02 Å². The molecule has 0 radical (unpaired) electrons. The molecule has 0 N–H and O–H groups in total. The van der Waals surface area contributed by atoms with Crippen LogP contribution < -0.4 is 4.74 Å². The Hall–Kier alpha value is -0.840. The Morgan fingerprint density at radius 3 is 2.75 bits per heavy atom. The van der Waals surface area contributed by atoms with Gasteiger partial charge >= 0.3 is 0 Å². The quantitative estimate of drug-likeness (QED) is 0.658. The molecule has 0 atom stereocenters. The van der Waals surface area contributed by atoms with Gasteiger partial charge in [0.25, 0.3) is 0 Å². The highest BCUT2D eigenvalue weighted by Crippen LogP contribution is 2.10. The minimum Gasteiger partial charge on any atom is -0.475 e. The molecule has 0 aromatic carbocycles. The highest BCUT2D eigenvalue weighted by atomic mass is 35.5. The average molecular weight is 246 g/mol. The Morgan fingerprint density at radius 1 is 1.19 bits per heavy atom. The van der Waals surface area contributed by atoms with Crippen LogP contribution >= 0.6 is 11.6 Å². The molecule has 5 heteroatoms. The van der Waals surface area contributed by atoms with Gasteiger partial charge in [-0.3, -0.25) is 0 Å². The summed E-state index contributed by atoms with van der Waals surface area (Å²) in [6.45, 7) is 2.44. The second-order valence-corrected chi connectivity index (χ2v) is 3.56. The van der Waals surface area contributed by atoms with Crippen LogP contribution in [0.25, 0.3) is 0 Å². The van der Waals surface area contributed by atoms with E-state index in [9.17, 15) is 0 Å². The predicted molar refractivity (Wildman–Crippen MR) is 62.1 cm³/mol. The number of aromatic nitrogens is 1. The summed E-state index contributed by atoms with van der Waals surface area (Å²) >= 11 is 5.69. The molecule has 0 saturated carbocycles. The highest BCUT2D eigenvalue weighted by Gasteiger charge is 1.95. The van der Waals surface area contributed by atoms with Gasteiger partial charge in [0.05, 0.1) is 11.6 Å². The monoisotopic (exact) mass is 245 g/mol. The smallest absolute Gasteiger partial charge is 0.213 e. The van der Waals surface area contributed by atoms with E-state index in [2.05, 4.69) is 4.98 Å². The van der Waals surface area contributed by atoms with Crippen molar-refractivity contribution in [3.05, 3.63) is 23.4 Å². The Morgan fingerprint density at radius 2 is 2.06 bits per heavy atom. The summed E-state index contributed by atoms with van der Waals surface area (Å²) in [5.41, 5.74) is 0. The molecule has 0 fully saturated rings. The summed E-state index contributed by atoms with van der Waals surface area (Å²) in [6.07, 6.45) is 2.45. The Kier molecular flexibility index (Phi) is 6.88. The SMILES string of the molecule is COCCCOCCOc1ccc(Cl)cn1. The van der Waals surface area contributed by atoms with Gasteiger partial charge in [-0.15, -0.1) is 0 Å². The zero-order valence-electron chi connectivity index (χ0n) is 9.32. The van der Waals surface area contributed by atoms with Gasteiger partial charge < -0.3 is 14.2 Å². The molecule has 0 saturated heterocycles. The van der Waals surface area contributed by atoms with Crippen molar-refractivity contribution in [1.29, 1.82) is 0 Å². The summed E-state index contributed by atoms with van der Waals surface area (Å²) in [7, 11) is 1.68. The van der Waals surface area contributed by atoms with Crippen LogP contribution in [0.1, 0.15) is 6.42 Å². The molecule has 0 aliphatic heterocycles. The van der Waals surface area contributed by atoms with Gasteiger partial charge in [-0.25, -0.2) is 4.98 Å². The van der Waals surface area contributed by atoms with Crippen molar-refractivity contribution in [1.82, 2.24) is 4.98 Å². The normalized spacial score (nSPS) is 10.4. The topological polar surface area (TPSA) is 40.6 Å². The standard InChI is InChI=1S/C11H16ClNO3/c1-14-5-2-6-15-7-8-16-11-4-3-10(12)9-13-11/h3-4,9H,2,5-8H2,1H3. The fraction of sp³-hybridized carbons (Fsp3) is 0.545. The van der Waals surface area contributed by atoms with Crippen molar-refractivity contribution in [2.75, 3.05) is 33.5 Å². The number of rotatable bonds is 8. The third-order valence-corrected chi connectivity index (χ3v) is 2.04. The maximum Gasteiger partial charge on any atom is 0.213 e. The van der Waals surface area contributed by atoms with Crippen molar-refractivity contribution < 1.29 is 14.2 Å². The first kappa shape index (κ1) is 13.2. The number of methoxy groups -OCH3 is 1. The highest BCUT2D eigenvalue weighted by molar-refractivity contribution is 6.30. The zero-order valence-corrected chi connectivity index (χ0v) is 10.1. The van der Waals surface area contributed by atoms with Crippen LogP contribution in [0, 0.1) is 0 Å². The summed E-state index contributed by atoms with van der Waals surface area (Å²) < 4.78 is 15.6. The summed E-state index contributed by atoms with van der Waals surface area (Å²) in [4.78, 5) is 4.00. The van der Waals surface area contributed by atoms with E-state index in [0.29, 0.717) is 30.7 Å². The minimum absolute atomic E-state index is 0.488. The lowest BCUT2D eigenvalue weighted by Gasteiger charge is -2.06. The number of hydrogen-bond acceptors (Lipinski definition) is 4. The van der Waals surface area contributed by atoms with Crippen LogP contribution in [0.3, 0.4) is 0 Å². The zero-order chi connectivity index (χ0) is 11.6. The predicted octanol–water partition coefficient (Wildman–Crippen LogP) is 2.17. The first-order valence-corrected chi connectivity index (χ1v) is 5.52. The molecular weight excluding hydrogens is 230 g/mol. The Labute approximate surface area is 100 Å². The third-order valence-electron chi connectivity index (χ3n) is 1.82. The number of halogens is 1. The van der Waals surface area contributed by atoms with E-state index in [1.54, 1.807) is 25.4 Å². The van der Waals surface area contributed by atoms with E-state index < -0.39 is 0 Å². The van der Waals surface area contributed by atoms with Gasteiger partial charge in [0.2, 0.25) is 5.88 Å². The first-order chi connectivity index (χ1) is 7.83. The number of nitrogens with zero attached hydrogens (tertiary/aromatic N) is 1. The molecule has 4 nitrogen and oxygen atoms in total. The van der Waals surface area contributed by atoms with Gasteiger partial charge in [-0.2, -0.15) is 0 Å². The largest absolute Gasteiger partial charge is 0.475 e. The second-order valence-electron chi connectivity index (χ2n) is 3.12. The van der Waals surface area contributed by atoms with Gasteiger partial charge in [0.15, 0.2) is 0 Å². The van der Waals surface area contributed by atoms with Crippen molar-refractivity contribution in [2.24, 2.45) is 0 Å². The molecule has 0 unspecified atom stereocenters. The lowest BCUT2D eigenvalue weighted by atomic mass is 10.5. The van der Waals surface area contributed by atoms with Crippen molar-refractivity contribution in [2.45, 2.75) is 6.42 Å². The van der Waals surface area contributed by atoms with Crippen molar-refractivity contribution >= 4 is 11.6 Å². The van der Waals surface area contributed by atoms with E-state index in [0.717, 1.165) is 13.0 Å². The van der Waals surface area contributed by atoms with Crippen LogP contribution in [-0.2, 0) is 9.47 Å². The van der Waals surface area contributed by atoms with Crippen LogP contribution in [0.5, 0.6) is 5.88 Å². The molecule has 1 aromatic rings. The fourth-order valence-corrected chi connectivity index (χ4v) is 1.17. The van der Waals surface area contributed by atoms with E-state index in [-0.39, 0.29) is 0 Å². The number of pyridine rings is 1. The molecule has 1 heterocycles. The van der Waals surface area contributed by atoms with Crippen molar-refractivity contribution in [3.8, 4) is 5.88 Å². The molecule has 0 bridgehead atoms. The second kappa shape index (κ2) is 8.33. The number of ether oxygens (including phenoxy) is 3. The average Bonchev–Trinajstić information content (AvgIpc) is 2.30. The van der Waals surface area contributed by atoms with Crippen LogP contribution in [0.4, 0.5) is 0 Å². The van der Waals surface area contributed by atoms with Crippen LogP contribution in [-0.4, -0.2) is 38.5 Å². The third kappa shape index (κ3) is 5.90. The van der Waals surface area contributed by atoms with E-state index in [1.165, 1.54) is 0 Å². The lowest BCUT2D eigenvalue weighted by molar-refractivity contribution is 0.0795. The first-order valence-electron chi connectivity index (χ1n) is 5.14. The molecule has 0 aliphatic carbocycles. The summed E-state index contributed by atoms with van der Waals surface area (Å²) in [5.74, 6) is 0.560. The number of hydrogen-bond donors (Lipinski definition) is 0. The Balaban J connectivity index is 2.01. The minimum atomic E-state index is 0.488. The Bertz CT molecular complexity index is 279. The van der Waals surface area contributed by atoms with E-state index in [1.807, 2.05) is 0 Å². The van der Waals surface area contributed by atoms with Gasteiger partial charge in [-0.05, 0) is 12.5 Å². The van der Waals surface area contributed by atoms with Gasteiger partial charge in [0, 0.05) is 32.6 Å². The molecule has 1 aromatic heterocycles. The fourth-order valence-electron chi connectivity index (χ4n) is 1.06. The van der Waals surface area contributed by atoms with Gasteiger partial charge in [0.1, 0.15) is 6.61 Å². The molecule has 0 aliphatic rings. The van der Waals surface area contributed by atoms with Crippen molar-refractivity contribution in [3.63, 3.8) is 0 Å². The van der Waals surface area contributed by atoms with E-state index in [4.69, 9.17) is 25.8 Å². The molecule has 0 spiro atoms.